The van der Waals surface area contributed by atoms with Crippen molar-refractivity contribution in [3.8, 4) is 0 Å². The Balaban J connectivity index is 1.95. The second-order valence-corrected chi connectivity index (χ2v) is 6.90. The van der Waals surface area contributed by atoms with E-state index < -0.39 is 0 Å². The average molecular weight is 331 g/mol. The molecule has 1 fully saturated rings. The summed E-state index contributed by atoms with van der Waals surface area (Å²) in [6, 6.07) is 6.88. The number of hydrogen-bond donors (Lipinski definition) is 0. The lowest BCUT2D eigenvalue weighted by molar-refractivity contribution is 0.334. The van der Waals surface area contributed by atoms with Gasteiger partial charge in [0.2, 0.25) is 0 Å². The maximum Gasteiger partial charge on any atom is 0.123 e. The van der Waals surface area contributed by atoms with Crippen LogP contribution in [0.5, 0.6) is 0 Å². The normalized spacial score (nSPS) is 19.4. The van der Waals surface area contributed by atoms with Crippen LogP contribution in [0.1, 0.15) is 38.5 Å². The van der Waals surface area contributed by atoms with Crippen LogP contribution in [0.3, 0.4) is 0 Å². The maximum absolute atomic E-state index is 12.9. The van der Waals surface area contributed by atoms with Gasteiger partial charge >= 0.3 is 0 Å². The summed E-state index contributed by atoms with van der Waals surface area (Å²) < 4.78 is 12.9. The molecular formula is C15H20BrFS. The standard InChI is InChI=1S/C15H20BrFS/c16-11-15(9-3-1-2-4-10-15)12-18-14-7-5-13(17)6-8-14/h5-8H,1-4,9-12H2. The second-order valence-electron chi connectivity index (χ2n) is 5.29. The van der Waals surface area contributed by atoms with Gasteiger partial charge in [0.25, 0.3) is 0 Å². The van der Waals surface area contributed by atoms with Crippen molar-refractivity contribution in [2.24, 2.45) is 5.41 Å². The van der Waals surface area contributed by atoms with E-state index >= 15 is 0 Å². The van der Waals surface area contributed by atoms with Crippen LogP contribution in [0.2, 0.25) is 0 Å². The summed E-state index contributed by atoms with van der Waals surface area (Å²) in [6.45, 7) is 0. The highest BCUT2D eigenvalue weighted by molar-refractivity contribution is 9.09. The monoisotopic (exact) mass is 330 g/mol. The van der Waals surface area contributed by atoms with E-state index in [1.807, 2.05) is 23.9 Å². The van der Waals surface area contributed by atoms with Gasteiger partial charge in [0.1, 0.15) is 5.82 Å². The molecule has 0 aromatic heterocycles. The Hall–Kier alpha value is -0.0200. The van der Waals surface area contributed by atoms with Crippen molar-refractivity contribution in [2.45, 2.75) is 43.4 Å². The molecule has 100 valence electrons. The molecule has 1 saturated carbocycles. The van der Waals surface area contributed by atoms with Gasteiger partial charge in [-0.15, -0.1) is 11.8 Å². The Morgan fingerprint density at radius 3 is 2.22 bits per heavy atom. The van der Waals surface area contributed by atoms with E-state index in [2.05, 4.69) is 15.9 Å². The molecule has 0 bridgehead atoms. The highest BCUT2D eigenvalue weighted by atomic mass is 79.9. The zero-order valence-electron chi connectivity index (χ0n) is 10.6. The smallest absolute Gasteiger partial charge is 0.123 e. The SMILES string of the molecule is Fc1ccc(SCC2(CBr)CCCCCC2)cc1. The van der Waals surface area contributed by atoms with Gasteiger partial charge in [0.15, 0.2) is 0 Å². The molecule has 1 aromatic carbocycles. The highest BCUT2D eigenvalue weighted by Gasteiger charge is 2.29. The number of thioether (sulfide) groups is 1. The van der Waals surface area contributed by atoms with E-state index in [1.165, 1.54) is 43.4 Å². The summed E-state index contributed by atoms with van der Waals surface area (Å²) >= 11 is 5.59. The first-order chi connectivity index (χ1) is 8.74. The predicted molar refractivity (Wildman–Crippen MR) is 81.1 cm³/mol. The molecule has 0 heterocycles. The van der Waals surface area contributed by atoms with E-state index in [9.17, 15) is 4.39 Å². The lowest BCUT2D eigenvalue weighted by atomic mass is 9.85. The molecule has 1 aliphatic carbocycles. The Labute approximate surface area is 122 Å². The van der Waals surface area contributed by atoms with E-state index in [1.54, 1.807) is 12.1 Å². The van der Waals surface area contributed by atoms with Gasteiger partial charge in [-0.3, -0.25) is 0 Å². The van der Waals surface area contributed by atoms with Crippen LogP contribution >= 0.6 is 27.7 Å². The third kappa shape index (κ3) is 3.99. The molecule has 1 aliphatic rings. The van der Waals surface area contributed by atoms with Gasteiger partial charge < -0.3 is 0 Å². The van der Waals surface area contributed by atoms with E-state index in [4.69, 9.17) is 0 Å². The number of rotatable bonds is 4. The maximum atomic E-state index is 12.9. The minimum absolute atomic E-state index is 0.149. The molecule has 0 radical (unpaired) electrons. The van der Waals surface area contributed by atoms with Gasteiger partial charge in [-0.05, 0) is 42.5 Å². The van der Waals surface area contributed by atoms with Crippen molar-refractivity contribution in [3.05, 3.63) is 30.1 Å². The van der Waals surface area contributed by atoms with Crippen LogP contribution in [0, 0.1) is 11.2 Å². The van der Waals surface area contributed by atoms with Crippen molar-refractivity contribution in [1.82, 2.24) is 0 Å². The number of benzene rings is 1. The van der Waals surface area contributed by atoms with Gasteiger partial charge in [-0.1, -0.05) is 41.6 Å². The topological polar surface area (TPSA) is 0 Å². The van der Waals surface area contributed by atoms with Crippen LogP contribution in [0.15, 0.2) is 29.2 Å². The lowest BCUT2D eigenvalue weighted by Crippen LogP contribution is -2.25. The van der Waals surface area contributed by atoms with Gasteiger partial charge in [-0.25, -0.2) is 4.39 Å². The van der Waals surface area contributed by atoms with Crippen LogP contribution in [0.4, 0.5) is 4.39 Å². The summed E-state index contributed by atoms with van der Waals surface area (Å²) in [4.78, 5) is 1.18. The zero-order chi connectivity index (χ0) is 12.8. The van der Waals surface area contributed by atoms with Crippen LogP contribution in [0.25, 0.3) is 0 Å². The summed E-state index contributed by atoms with van der Waals surface area (Å²) in [6.07, 6.45) is 8.13. The van der Waals surface area contributed by atoms with Crippen molar-refractivity contribution >= 4 is 27.7 Å². The fourth-order valence-corrected chi connectivity index (χ4v) is 4.78. The molecule has 2 rings (SSSR count). The van der Waals surface area contributed by atoms with E-state index in [-0.39, 0.29) is 5.82 Å². The first-order valence-electron chi connectivity index (χ1n) is 6.68. The second kappa shape index (κ2) is 6.95. The molecule has 0 aliphatic heterocycles. The number of hydrogen-bond acceptors (Lipinski definition) is 1. The highest BCUT2D eigenvalue weighted by Crippen LogP contribution is 2.40. The molecule has 0 atom stereocenters. The third-order valence-electron chi connectivity index (χ3n) is 3.81. The van der Waals surface area contributed by atoms with Crippen molar-refractivity contribution in [2.75, 3.05) is 11.1 Å². The molecule has 1 aromatic rings. The van der Waals surface area contributed by atoms with Crippen LogP contribution in [-0.2, 0) is 0 Å². The minimum atomic E-state index is -0.149. The summed E-state index contributed by atoms with van der Waals surface area (Å²) in [5, 5.41) is 1.09. The summed E-state index contributed by atoms with van der Waals surface area (Å²) in [5.74, 6) is 0.994. The molecule has 0 N–H and O–H groups in total. The van der Waals surface area contributed by atoms with Crippen LogP contribution < -0.4 is 0 Å². The van der Waals surface area contributed by atoms with E-state index in [0.717, 1.165) is 11.1 Å². The molecule has 0 nitrogen and oxygen atoms in total. The first-order valence-corrected chi connectivity index (χ1v) is 8.79. The number of halogens is 2. The Kier molecular flexibility index (Phi) is 5.56. The van der Waals surface area contributed by atoms with Crippen molar-refractivity contribution in [1.29, 1.82) is 0 Å². The fraction of sp³-hybridized carbons (Fsp3) is 0.600. The fourth-order valence-electron chi connectivity index (χ4n) is 2.56. The van der Waals surface area contributed by atoms with Gasteiger partial charge in [0.05, 0.1) is 0 Å². The van der Waals surface area contributed by atoms with Crippen molar-refractivity contribution < 1.29 is 4.39 Å². The number of alkyl halides is 1. The van der Waals surface area contributed by atoms with Gasteiger partial charge in [0, 0.05) is 16.0 Å². The average Bonchev–Trinajstić information content (AvgIpc) is 2.64. The molecule has 0 unspecified atom stereocenters. The largest absolute Gasteiger partial charge is 0.207 e. The molecule has 18 heavy (non-hydrogen) atoms. The Morgan fingerprint density at radius 1 is 1.06 bits per heavy atom. The molecule has 0 spiro atoms. The van der Waals surface area contributed by atoms with Crippen molar-refractivity contribution in [3.63, 3.8) is 0 Å². The molecule has 0 amide bonds. The van der Waals surface area contributed by atoms with Crippen LogP contribution in [-0.4, -0.2) is 11.1 Å². The quantitative estimate of drug-likeness (QED) is 0.390. The summed E-state index contributed by atoms with van der Waals surface area (Å²) in [7, 11) is 0. The molecule has 0 saturated heterocycles. The Morgan fingerprint density at radius 2 is 1.67 bits per heavy atom. The Bertz CT molecular complexity index is 355. The lowest BCUT2D eigenvalue weighted by Gasteiger charge is -2.30. The first kappa shape index (κ1) is 14.4. The zero-order valence-corrected chi connectivity index (χ0v) is 13.0. The van der Waals surface area contributed by atoms with Gasteiger partial charge in [-0.2, -0.15) is 0 Å². The minimum Gasteiger partial charge on any atom is -0.207 e. The summed E-state index contributed by atoms with van der Waals surface area (Å²) in [5.41, 5.74) is 0.440. The van der Waals surface area contributed by atoms with E-state index in [0.29, 0.717) is 5.41 Å². The third-order valence-corrected chi connectivity index (χ3v) is 6.36. The molecule has 3 heteroatoms. The predicted octanol–water partition coefficient (Wildman–Crippen LogP) is 5.65. The molecular weight excluding hydrogens is 311 g/mol.